The van der Waals surface area contributed by atoms with Crippen LogP contribution in [-0.2, 0) is 4.74 Å². The van der Waals surface area contributed by atoms with Crippen molar-refractivity contribution in [1.29, 1.82) is 0 Å². The number of ether oxygens (including phenoxy) is 2. The summed E-state index contributed by atoms with van der Waals surface area (Å²) in [5, 5.41) is 0. The van der Waals surface area contributed by atoms with Crippen LogP contribution < -0.4 is 4.74 Å². The second kappa shape index (κ2) is 6.37. The fraction of sp³-hybridized carbons (Fsp3) is 0.556. The van der Waals surface area contributed by atoms with Crippen LogP contribution in [0.2, 0.25) is 0 Å². The Morgan fingerprint density at radius 3 is 2.92 bits per heavy atom. The van der Waals surface area contributed by atoms with Gasteiger partial charge in [0.2, 0.25) is 5.88 Å². The lowest BCUT2D eigenvalue weighted by Crippen LogP contribution is -2.07. The van der Waals surface area contributed by atoms with Crippen molar-refractivity contribution >= 4 is 0 Å². The fourth-order valence-corrected chi connectivity index (χ4v) is 0.815. The largest absolute Gasteiger partial charge is 0.475 e. The smallest absolute Gasteiger partial charge is 0.216 e. The molecular weight excluding hydrogens is 168 g/mol. The van der Waals surface area contributed by atoms with Gasteiger partial charge in [-0.2, -0.15) is 0 Å². The molecule has 0 aromatic carbocycles. The Kier molecular flexibility index (Phi) is 4.86. The first-order valence-electron chi connectivity index (χ1n) is 4.40. The second-order valence-electron chi connectivity index (χ2n) is 2.51. The first-order chi connectivity index (χ1) is 6.43. The summed E-state index contributed by atoms with van der Waals surface area (Å²) in [5.74, 6) is 0.593. The first kappa shape index (κ1) is 9.92. The molecule has 0 aliphatic heterocycles. The molecule has 0 aliphatic carbocycles. The minimum atomic E-state index is 0.539. The molecule has 0 fully saturated rings. The van der Waals surface area contributed by atoms with E-state index in [2.05, 4.69) is 16.9 Å². The summed E-state index contributed by atoms with van der Waals surface area (Å²) in [6, 6.07) is 1.72. The molecule has 0 radical (unpaired) electrons. The van der Waals surface area contributed by atoms with Crippen LogP contribution >= 0.6 is 0 Å². The molecule has 0 saturated heterocycles. The summed E-state index contributed by atoms with van der Waals surface area (Å²) >= 11 is 0. The average molecular weight is 182 g/mol. The molecule has 0 atom stereocenters. The maximum atomic E-state index is 5.28. The highest BCUT2D eigenvalue weighted by Crippen LogP contribution is 2.00. The van der Waals surface area contributed by atoms with Crippen molar-refractivity contribution in [3.63, 3.8) is 0 Å². The number of aromatic nitrogens is 2. The van der Waals surface area contributed by atoms with Crippen LogP contribution in [0.1, 0.15) is 13.3 Å². The van der Waals surface area contributed by atoms with Gasteiger partial charge in [-0.3, -0.25) is 0 Å². The highest BCUT2D eigenvalue weighted by molar-refractivity contribution is 5.03. The Morgan fingerprint density at radius 1 is 1.31 bits per heavy atom. The third-order valence-electron chi connectivity index (χ3n) is 1.38. The van der Waals surface area contributed by atoms with Gasteiger partial charge in [-0.1, -0.05) is 6.92 Å². The minimum Gasteiger partial charge on any atom is -0.475 e. The molecule has 0 bridgehead atoms. The summed E-state index contributed by atoms with van der Waals surface area (Å²) < 4.78 is 10.5. The zero-order valence-electron chi connectivity index (χ0n) is 7.77. The van der Waals surface area contributed by atoms with Gasteiger partial charge in [0.1, 0.15) is 12.9 Å². The van der Waals surface area contributed by atoms with Gasteiger partial charge in [0.15, 0.2) is 0 Å². The Hall–Kier alpha value is -1.16. The standard InChI is InChI=1S/C9H14N2O2/c1-2-5-12-6-7-13-9-3-4-10-8-11-9/h3-4,8H,2,5-7H2,1H3. The average Bonchev–Trinajstić information content (AvgIpc) is 2.19. The number of hydrogen-bond donors (Lipinski definition) is 0. The number of nitrogens with zero attached hydrogens (tertiary/aromatic N) is 2. The molecule has 13 heavy (non-hydrogen) atoms. The lowest BCUT2D eigenvalue weighted by molar-refractivity contribution is 0.0989. The molecule has 1 aromatic heterocycles. The van der Waals surface area contributed by atoms with E-state index in [1.54, 1.807) is 12.3 Å². The molecule has 0 amide bonds. The molecular formula is C9H14N2O2. The maximum Gasteiger partial charge on any atom is 0.216 e. The highest BCUT2D eigenvalue weighted by Gasteiger charge is 1.92. The first-order valence-corrected chi connectivity index (χ1v) is 4.40. The van der Waals surface area contributed by atoms with E-state index in [0.29, 0.717) is 19.1 Å². The topological polar surface area (TPSA) is 44.2 Å². The van der Waals surface area contributed by atoms with E-state index < -0.39 is 0 Å². The van der Waals surface area contributed by atoms with E-state index in [1.165, 1.54) is 6.33 Å². The van der Waals surface area contributed by atoms with E-state index >= 15 is 0 Å². The molecule has 0 unspecified atom stereocenters. The molecule has 4 heteroatoms. The third kappa shape index (κ3) is 4.42. The van der Waals surface area contributed by atoms with Gasteiger partial charge in [-0.15, -0.1) is 0 Å². The van der Waals surface area contributed by atoms with Crippen molar-refractivity contribution in [2.45, 2.75) is 13.3 Å². The van der Waals surface area contributed by atoms with Crippen LogP contribution in [0.4, 0.5) is 0 Å². The molecule has 0 N–H and O–H groups in total. The van der Waals surface area contributed by atoms with Gasteiger partial charge in [-0.05, 0) is 6.42 Å². The molecule has 1 aromatic rings. The summed E-state index contributed by atoms with van der Waals surface area (Å²) in [7, 11) is 0. The monoisotopic (exact) mass is 182 g/mol. The summed E-state index contributed by atoms with van der Waals surface area (Å²) in [6.45, 7) is 4.01. The van der Waals surface area contributed by atoms with Gasteiger partial charge < -0.3 is 9.47 Å². The van der Waals surface area contributed by atoms with E-state index in [-0.39, 0.29) is 0 Å². The minimum absolute atomic E-state index is 0.539. The third-order valence-corrected chi connectivity index (χ3v) is 1.38. The lowest BCUT2D eigenvalue weighted by Gasteiger charge is -2.04. The number of rotatable bonds is 6. The van der Waals surface area contributed by atoms with Crippen molar-refractivity contribution in [2.24, 2.45) is 0 Å². The summed E-state index contributed by atoms with van der Waals surface area (Å²) in [6.07, 6.45) is 4.14. The van der Waals surface area contributed by atoms with Crippen LogP contribution in [0.25, 0.3) is 0 Å². The van der Waals surface area contributed by atoms with Crippen molar-refractivity contribution < 1.29 is 9.47 Å². The molecule has 4 nitrogen and oxygen atoms in total. The number of hydrogen-bond acceptors (Lipinski definition) is 4. The van der Waals surface area contributed by atoms with Gasteiger partial charge in [0.25, 0.3) is 0 Å². The van der Waals surface area contributed by atoms with Crippen molar-refractivity contribution in [1.82, 2.24) is 9.97 Å². The Bertz CT molecular complexity index is 216. The fourth-order valence-electron chi connectivity index (χ4n) is 0.815. The molecule has 1 heterocycles. The zero-order chi connectivity index (χ0) is 9.36. The van der Waals surface area contributed by atoms with Crippen molar-refractivity contribution in [2.75, 3.05) is 19.8 Å². The Labute approximate surface area is 77.9 Å². The van der Waals surface area contributed by atoms with Crippen LogP contribution in [0.5, 0.6) is 5.88 Å². The second-order valence-corrected chi connectivity index (χ2v) is 2.51. The molecule has 0 aliphatic rings. The van der Waals surface area contributed by atoms with Crippen LogP contribution in [0.15, 0.2) is 18.6 Å². The highest BCUT2D eigenvalue weighted by atomic mass is 16.5. The molecule has 0 saturated carbocycles. The molecule has 0 spiro atoms. The molecule has 72 valence electrons. The van der Waals surface area contributed by atoms with Gasteiger partial charge in [0.05, 0.1) is 6.61 Å². The van der Waals surface area contributed by atoms with E-state index in [9.17, 15) is 0 Å². The molecule has 1 rings (SSSR count). The van der Waals surface area contributed by atoms with Crippen LogP contribution in [0, 0.1) is 0 Å². The summed E-state index contributed by atoms with van der Waals surface area (Å²) in [5.41, 5.74) is 0. The van der Waals surface area contributed by atoms with E-state index in [0.717, 1.165) is 13.0 Å². The lowest BCUT2D eigenvalue weighted by atomic mass is 10.5. The van der Waals surface area contributed by atoms with Crippen molar-refractivity contribution in [3.05, 3.63) is 18.6 Å². The zero-order valence-corrected chi connectivity index (χ0v) is 7.77. The summed E-state index contributed by atoms with van der Waals surface area (Å²) in [4.78, 5) is 7.69. The van der Waals surface area contributed by atoms with Gasteiger partial charge >= 0.3 is 0 Å². The van der Waals surface area contributed by atoms with Gasteiger partial charge in [0, 0.05) is 18.9 Å². The SMILES string of the molecule is CCCOCCOc1ccncn1. The maximum absolute atomic E-state index is 5.28. The van der Waals surface area contributed by atoms with Crippen LogP contribution in [0.3, 0.4) is 0 Å². The normalized spacial score (nSPS) is 9.92. The van der Waals surface area contributed by atoms with E-state index in [1.807, 2.05) is 0 Å². The van der Waals surface area contributed by atoms with Crippen molar-refractivity contribution in [3.8, 4) is 5.88 Å². The Balaban J connectivity index is 2.07. The quantitative estimate of drug-likeness (QED) is 0.622. The van der Waals surface area contributed by atoms with E-state index in [4.69, 9.17) is 9.47 Å². The van der Waals surface area contributed by atoms with Gasteiger partial charge in [-0.25, -0.2) is 9.97 Å². The Morgan fingerprint density at radius 2 is 2.23 bits per heavy atom. The predicted molar refractivity (Wildman–Crippen MR) is 48.6 cm³/mol. The predicted octanol–water partition coefficient (Wildman–Crippen LogP) is 1.28. The van der Waals surface area contributed by atoms with Crippen LogP contribution in [-0.4, -0.2) is 29.8 Å².